The standard InChI is InChI=1S/C13H13BrFN5/c1-8-6-17-19(7-8)2-3-20-12-5-10(15)9(14)4-11(12)18-13(20)16/h4-7H,2-3H2,1H3,(H2,16,18). The lowest BCUT2D eigenvalue weighted by atomic mass is 10.3. The number of anilines is 1. The van der Waals surface area contributed by atoms with Crippen molar-refractivity contribution in [2.24, 2.45) is 0 Å². The maximum atomic E-state index is 13.7. The number of aryl methyl sites for hydroxylation is 3. The van der Waals surface area contributed by atoms with E-state index in [0.29, 0.717) is 34.5 Å². The van der Waals surface area contributed by atoms with E-state index in [-0.39, 0.29) is 5.82 Å². The third-order valence-electron chi connectivity index (χ3n) is 3.13. The summed E-state index contributed by atoms with van der Waals surface area (Å²) in [6, 6.07) is 3.08. The van der Waals surface area contributed by atoms with E-state index in [9.17, 15) is 4.39 Å². The van der Waals surface area contributed by atoms with Gasteiger partial charge in [-0.05, 0) is 34.5 Å². The first-order valence-electron chi connectivity index (χ1n) is 6.14. The number of rotatable bonds is 3. The van der Waals surface area contributed by atoms with Gasteiger partial charge in [0.1, 0.15) is 5.82 Å². The molecule has 0 bridgehead atoms. The summed E-state index contributed by atoms with van der Waals surface area (Å²) >= 11 is 3.15. The lowest BCUT2D eigenvalue weighted by Gasteiger charge is -2.07. The average molecular weight is 338 g/mol. The molecule has 5 nitrogen and oxygen atoms in total. The molecule has 7 heteroatoms. The number of halogens is 2. The Morgan fingerprint density at radius 2 is 2.15 bits per heavy atom. The third kappa shape index (κ3) is 2.29. The highest BCUT2D eigenvalue weighted by atomic mass is 79.9. The van der Waals surface area contributed by atoms with Crippen LogP contribution in [0, 0.1) is 12.7 Å². The van der Waals surface area contributed by atoms with Crippen molar-refractivity contribution in [3.63, 3.8) is 0 Å². The van der Waals surface area contributed by atoms with Crippen molar-refractivity contribution in [2.45, 2.75) is 20.0 Å². The van der Waals surface area contributed by atoms with Crippen molar-refractivity contribution in [3.8, 4) is 0 Å². The zero-order valence-corrected chi connectivity index (χ0v) is 12.4. The third-order valence-corrected chi connectivity index (χ3v) is 3.74. The molecule has 3 rings (SSSR count). The molecule has 0 unspecified atom stereocenters. The molecule has 2 N–H and O–H groups in total. The number of fused-ring (bicyclic) bond motifs is 1. The number of hydrogen-bond donors (Lipinski definition) is 1. The number of nitrogen functional groups attached to an aromatic ring is 1. The first-order chi connectivity index (χ1) is 9.54. The predicted molar refractivity (Wildman–Crippen MR) is 78.8 cm³/mol. The molecule has 104 valence electrons. The molecular formula is C13H13BrFN5. The largest absolute Gasteiger partial charge is 0.369 e. The Bertz CT molecular complexity index is 777. The van der Waals surface area contributed by atoms with Crippen molar-refractivity contribution in [2.75, 3.05) is 5.73 Å². The molecule has 0 aliphatic heterocycles. The van der Waals surface area contributed by atoms with Crippen LogP contribution >= 0.6 is 15.9 Å². The molecule has 2 heterocycles. The van der Waals surface area contributed by atoms with E-state index in [2.05, 4.69) is 26.0 Å². The number of nitrogens with two attached hydrogens (primary N) is 1. The van der Waals surface area contributed by atoms with E-state index in [1.54, 1.807) is 16.8 Å². The Kier molecular flexibility index (Phi) is 3.21. The second-order valence-corrected chi connectivity index (χ2v) is 5.51. The van der Waals surface area contributed by atoms with Gasteiger partial charge in [0, 0.05) is 18.8 Å². The maximum absolute atomic E-state index is 13.7. The number of nitrogens with zero attached hydrogens (tertiary/aromatic N) is 4. The Labute approximate surface area is 123 Å². The van der Waals surface area contributed by atoms with Crippen LogP contribution in [0.5, 0.6) is 0 Å². The summed E-state index contributed by atoms with van der Waals surface area (Å²) in [5, 5.41) is 4.22. The second kappa shape index (κ2) is 4.90. The van der Waals surface area contributed by atoms with Gasteiger partial charge in [-0.15, -0.1) is 0 Å². The summed E-state index contributed by atoms with van der Waals surface area (Å²) in [7, 11) is 0. The van der Waals surface area contributed by atoms with E-state index < -0.39 is 0 Å². The minimum absolute atomic E-state index is 0.325. The molecule has 20 heavy (non-hydrogen) atoms. The van der Waals surface area contributed by atoms with Gasteiger partial charge in [-0.1, -0.05) is 0 Å². The van der Waals surface area contributed by atoms with Crippen molar-refractivity contribution < 1.29 is 4.39 Å². The van der Waals surface area contributed by atoms with Crippen molar-refractivity contribution in [3.05, 3.63) is 40.4 Å². The SMILES string of the molecule is Cc1cnn(CCn2c(N)nc3cc(Br)c(F)cc32)c1. The number of hydrogen-bond acceptors (Lipinski definition) is 3. The van der Waals surface area contributed by atoms with Gasteiger partial charge in [-0.2, -0.15) is 5.10 Å². The van der Waals surface area contributed by atoms with Crippen LogP contribution in [0.3, 0.4) is 0 Å². The summed E-state index contributed by atoms with van der Waals surface area (Å²) in [5.41, 5.74) is 8.37. The number of aromatic nitrogens is 4. The average Bonchev–Trinajstić information content (AvgIpc) is 2.92. The highest BCUT2D eigenvalue weighted by Gasteiger charge is 2.11. The maximum Gasteiger partial charge on any atom is 0.201 e. The number of benzene rings is 1. The van der Waals surface area contributed by atoms with E-state index in [4.69, 9.17) is 5.73 Å². The summed E-state index contributed by atoms with van der Waals surface area (Å²) in [4.78, 5) is 4.25. The van der Waals surface area contributed by atoms with Gasteiger partial charge in [-0.3, -0.25) is 4.68 Å². The molecule has 0 amide bonds. The van der Waals surface area contributed by atoms with Gasteiger partial charge in [0.15, 0.2) is 0 Å². The first kappa shape index (κ1) is 13.1. The molecule has 0 atom stereocenters. The minimum Gasteiger partial charge on any atom is -0.369 e. The molecule has 0 saturated heterocycles. The van der Waals surface area contributed by atoms with Crippen molar-refractivity contribution in [1.29, 1.82) is 0 Å². The van der Waals surface area contributed by atoms with Crippen molar-refractivity contribution in [1.82, 2.24) is 19.3 Å². The summed E-state index contributed by atoms with van der Waals surface area (Å²) < 4.78 is 17.7. The van der Waals surface area contributed by atoms with Gasteiger partial charge < -0.3 is 10.3 Å². The van der Waals surface area contributed by atoms with Crippen LogP contribution in [-0.2, 0) is 13.1 Å². The monoisotopic (exact) mass is 337 g/mol. The van der Waals surface area contributed by atoms with Crippen LogP contribution in [-0.4, -0.2) is 19.3 Å². The highest BCUT2D eigenvalue weighted by Crippen LogP contribution is 2.25. The van der Waals surface area contributed by atoms with E-state index in [0.717, 1.165) is 5.56 Å². The summed E-state index contributed by atoms with van der Waals surface area (Å²) in [5.74, 6) is 0.0509. The lowest BCUT2D eigenvalue weighted by molar-refractivity contribution is 0.543. The normalized spacial score (nSPS) is 11.3. The topological polar surface area (TPSA) is 61.7 Å². The van der Waals surface area contributed by atoms with E-state index in [1.807, 2.05) is 17.8 Å². The predicted octanol–water partition coefficient (Wildman–Crippen LogP) is 2.73. The molecule has 0 spiro atoms. The van der Waals surface area contributed by atoms with Gasteiger partial charge in [0.2, 0.25) is 5.95 Å². The Balaban J connectivity index is 1.94. The van der Waals surface area contributed by atoms with E-state index in [1.165, 1.54) is 6.07 Å². The zero-order valence-electron chi connectivity index (χ0n) is 10.8. The summed E-state index contributed by atoms with van der Waals surface area (Å²) in [6.45, 7) is 3.23. The zero-order chi connectivity index (χ0) is 14.3. The first-order valence-corrected chi connectivity index (χ1v) is 6.93. The van der Waals surface area contributed by atoms with Crippen LogP contribution in [0.2, 0.25) is 0 Å². The minimum atomic E-state index is -0.325. The Hall–Kier alpha value is -1.89. The lowest BCUT2D eigenvalue weighted by Crippen LogP contribution is -2.10. The smallest absolute Gasteiger partial charge is 0.201 e. The van der Waals surface area contributed by atoms with Crippen molar-refractivity contribution >= 4 is 32.9 Å². The van der Waals surface area contributed by atoms with Crippen LogP contribution < -0.4 is 5.73 Å². The van der Waals surface area contributed by atoms with Gasteiger partial charge in [-0.25, -0.2) is 9.37 Å². The second-order valence-electron chi connectivity index (χ2n) is 4.66. The molecule has 0 fully saturated rings. The summed E-state index contributed by atoms with van der Waals surface area (Å²) in [6.07, 6.45) is 3.75. The number of imidazole rings is 1. The molecule has 0 aliphatic rings. The molecular weight excluding hydrogens is 325 g/mol. The fourth-order valence-electron chi connectivity index (χ4n) is 2.17. The Morgan fingerprint density at radius 1 is 1.35 bits per heavy atom. The van der Waals surface area contributed by atoms with Crippen LogP contribution in [0.4, 0.5) is 10.3 Å². The molecule has 0 saturated carbocycles. The van der Waals surface area contributed by atoms with Gasteiger partial charge in [0.05, 0.1) is 28.2 Å². The Morgan fingerprint density at radius 3 is 2.85 bits per heavy atom. The molecule has 2 aromatic heterocycles. The quantitative estimate of drug-likeness (QED) is 0.799. The van der Waals surface area contributed by atoms with Gasteiger partial charge in [0.25, 0.3) is 0 Å². The van der Waals surface area contributed by atoms with Crippen LogP contribution in [0.25, 0.3) is 11.0 Å². The fourth-order valence-corrected chi connectivity index (χ4v) is 2.50. The molecule has 3 aromatic rings. The molecule has 0 aliphatic carbocycles. The van der Waals surface area contributed by atoms with Gasteiger partial charge >= 0.3 is 0 Å². The highest BCUT2D eigenvalue weighted by molar-refractivity contribution is 9.10. The molecule has 1 aromatic carbocycles. The fraction of sp³-hybridized carbons (Fsp3) is 0.231. The van der Waals surface area contributed by atoms with Crippen LogP contribution in [0.15, 0.2) is 29.0 Å². The van der Waals surface area contributed by atoms with E-state index >= 15 is 0 Å². The van der Waals surface area contributed by atoms with Crippen LogP contribution in [0.1, 0.15) is 5.56 Å². The molecule has 0 radical (unpaired) electrons.